The van der Waals surface area contributed by atoms with Gasteiger partial charge in [-0.2, -0.15) is 0 Å². The molecule has 0 aliphatic rings. The average Bonchev–Trinajstić information content (AvgIpc) is 2.61. The fourth-order valence-corrected chi connectivity index (χ4v) is 1.91. The Morgan fingerprint density at radius 2 is 1.80 bits per heavy atom. The lowest BCUT2D eigenvalue weighted by Gasteiger charge is -2.18. The van der Waals surface area contributed by atoms with Crippen LogP contribution in [0.5, 0.6) is 5.75 Å². The second kappa shape index (κ2) is 10.8. The molecule has 0 fully saturated rings. The van der Waals surface area contributed by atoms with Gasteiger partial charge in [-0.1, -0.05) is 24.8 Å². The third-order valence-corrected chi connectivity index (χ3v) is 3.13. The second-order valence-corrected chi connectivity index (χ2v) is 5.12. The van der Waals surface area contributed by atoms with Crippen LogP contribution in [0.1, 0.15) is 6.42 Å². The quantitative estimate of drug-likeness (QED) is 0.459. The molecule has 0 aliphatic carbocycles. The van der Waals surface area contributed by atoms with E-state index in [9.17, 15) is 19.5 Å². The highest BCUT2D eigenvalue weighted by Gasteiger charge is 2.22. The molecule has 25 heavy (non-hydrogen) atoms. The molecule has 0 spiro atoms. The zero-order valence-electron chi connectivity index (χ0n) is 13.5. The van der Waals surface area contributed by atoms with Crippen molar-refractivity contribution < 1.29 is 34.1 Å². The van der Waals surface area contributed by atoms with E-state index >= 15 is 0 Å². The molecule has 0 heterocycles. The molecule has 1 aromatic rings. The molecule has 2 atom stereocenters. The second-order valence-electron chi connectivity index (χ2n) is 5.12. The lowest BCUT2D eigenvalue weighted by molar-refractivity contribution is -0.141. The van der Waals surface area contributed by atoms with Crippen molar-refractivity contribution in [2.45, 2.75) is 12.5 Å². The first-order valence-electron chi connectivity index (χ1n) is 7.52. The van der Waals surface area contributed by atoms with Gasteiger partial charge in [0.15, 0.2) is 5.78 Å². The number of hydrogen-bond donors (Lipinski definition) is 2. The van der Waals surface area contributed by atoms with E-state index in [4.69, 9.17) is 14.6 Å². The van der Waals surface area contributed by atoms with Crippen LogP contribution in [0.2, 0.25) is 0 Å². The van der Waals surface area contributed by atoms with E-state index in [2.05, 4.69) is 6.58 Å². The predicted molar refractivity (Wildman–Crippen MR) is 89.0 cm³/mol. The van der Waals surface area contributed by atoms with E-state index in [0.717, 1.165) is 12.2 Å². The highest BCUT2D eigenvalue weighted by atomic mass is 16.5. The molecule has 0 aromatic heterocycles. The number of esters is 1. The number of aliphatic hydroxyl groups is 1. The van der Waals surface area contributed by atoms with Gasteiger partial charge < -0.3 is 19.7 Å². The number of carbonyl (C=O) groups is 3. The van der Waals surface area contributed by atoms with Crippen molar-refractivity contribution >= 4 is 17.7 Å². The minimum absolute atomic E-state index is 0.00755. The standard InChI is InChI=1S/C18H20O7/c1-2-16(20)13(11-25-18(23)9-8-17(21)22)10-14(19)12-24-15-6-4-3-5-7-15/h2-9,13-14,19H,1,10-12H2,(H,21,22)/b9-8+. The van der Waals surface area contributed by atoms with Gasteiger partial charge in [0.2, 0.25) is 0 Å². The zero-order chi connectivity index (χ0) is 18.7. The largest absolute Gasteiger partial charge is 0.491 e. The minimum atomic E-state index is -1.29. The summed E-state index contributed by atoms with van der Waals surface area (Å²) in [4.78, 5) is 33.5. The van der Waals surface area contributed by atoms with Gasteiger partial charge in [0, 0.05) is 12.2 Å². The van der Waals surface area contributed by atoms with Crippen LogP contribution in [0.4, 0.5) is 0 Å². The number of benzene rings is 1. The number of hydrogen-bond acceptors (Lipinski definition) is 6. The van der Waals surface area contributed by atoms with Crippen molar-refractivity contribution in [3.63, 3.8) is 0 Å². The first kappa shape index (κ1) is 20.1. The minimum Gasteiger partial charge on any atom is -0.491 e. The molecular weight excluding hydrogens is 328 g/mol. The number of para-hydroxylation sites is 1. The van der Waals surface area contributed by atoms with Crippen LogP contribution in [0.15, 0.2) is 55.1 Å². The van der Waals surface area contributed by atoms with Crippen LogP contribution < -0.4 is 4.74 Å². The third kappa shape index (κ3) is 8.47. The van der Waals surface area contributed by atoms with Gasteiger partial charge in [-0.3, -0.25) is 4.79 Å². The van der Waals surface area contributed by atoms with Crippen LogP contribution in [0.3, 0.4) is 0 Å². The predicted octanol–water partition coefficient (Wildman–Crippen LogP) is 1.37. The topological polar surface area (TPSA) is 110 Å². The molecule has 0 amide bonds. The molecule has 0 radical (unpaired) electrons. The number of ether oxygens (including phenoxy) is 2. The smallest absolute Gasteiger partial charge is 0.331 e. The maximum absolute atomic E-state index is 11.8. The van der Waals surface area contributed by atoms with Crippen molar-refractivity contribution in [1.82, 2.24) is 0 Å². The fraction of sp³-hybridized carbons (Fsp3) is 0.278. The molecule has 1 aromatic carbocycles. The van der Waals surface area contributed by atoms with Crippen LogP contribution in [0, 0.1) is 5.92 Å². The highest BCUT2D eigenvalue weighted by molar-refractivity contribution is 5.92. The summed E-state index contributed by atoms with van der Waals surface area (Å²) < 4.78 is 10.2. The number of ketones is 1. The molecule has 0 saturated carbocycles. The first-order chi connectivity index (χ1) is 11.9. The monoisotopic (exact) mass is 348 g/mol. The molecule has 0 bridgehead atoms. The molecule has 7 heteroatoms. The number of carboxylic acid groups (broad SMARTS) is 1. The first-order valence-corrected chi connectivity index (χ1v) is 7.52. The van der Waals surface area contributed by atoms with Crippen LogP contribution in [-0.4, -0.2) is 47.3 Å². The van der Waals surface area contributed by atoms with E-state index in [1.54, 1.807) is 24.3 Å². The Kier molecular flexibility index (Phi) is 8.67. The van der Waals surface area contributed by atoms with Crippen molar-refractivity contribution in [2.24, 2.45) is 5.92 Å². The Balaban J connectivity index is 2.51. The van der Waals surface area contributed by atoms with Crippen molar-refractivity contribution in [1.29, 1.82) is 0 Å². The summed E-state index contributed by atoms with van der Waals surface area (Å²) in [5, 5.41) is 18.5. The number of carboxylic acids is 1. The van der Waals surface area contributed by atoms with Crippen LogP contribution in [0.25, 0.3) is 0 Å². The number of allylic oxidation sites excluding steroid dienone is 1. The SMILES string of the molecule is C=CC(=O)C(COC(=O)/C=C/C(=O)O)CC(O)COc1ccccc1. The van der Waals surface area contributed by atoms with Crippen molar-refractivity contribution in [3.05, 3.63) is 55.1 Å². The number of carbonyl (C=O) groups excluding carboxylic acids is 2. The van der Waals surface area contributed by atoms with Gasteiger partial charge in [-0.25, -0.2) is 9.59 Å². The van der Waals surface area contributed by atoms with Crippen LogP contribution in [-0.2, 0) is 19.1 Å². The molecule has 2 unspecified atom stereocenters. The van der Waals surface area contributed by atoms with E-state index in [1.807, 2.05) is 6.07 Å². The Labute approximate surface area is 145 Å². The molecule has 1 rings (SSSR count). The maximum atomic E-state index is 11.8. The van der Waals surface area contributed by atoms with E-state index in [0.29, 0.717) is 11.8 Å². The van der Waals surface area contributed by atoms with Gasteiger partial charge in [0.25, 0.3) is 0 Å². The molecule has 0 aliphatic heterocycles. The summed E-state index contributed by atoms with van der Waals surface area (Å²) in [6.07, 6.45) is 1.51. The molecule has 2 N–H and O–H groups in total. The Morgan fingerprint density at radius 3 is 2.40 bits per heavy atom. The summed E-state index contributed by atoms with van der Waals surface area (Å²) in [7, 11) is 0. The van der Waals surface area contributed by atoms with Gasteiger partial charge in [-0.05, 0) is 24.6 Å². The Hall–Kier alpha value is -2.93. The van der Waals surface area contributed by atoms with Gasteiger partial charge in [0.1, 0.15) is 19.0 Å². The van der Waals surface area contributed by atoms with Gasteiger partial charge >= 0.3 is 11.9 Å². The summed E-state index contributed by atoms with van der Waals surface area (Å²) in [5.41, 5.74) is 0. The molecule has 7 nitrogen and oxygen atoms in total. The van der Waals surface area contributed by atoms with E-state index in [1.165, 1.54) is 0 Å². The molecule has 134 valence electrons. The summed E-state index contributed by atoms with van der Waals surface area (Å²) in [6.45, 7) is 3.05. The number of aliphatic carboxylic acids is 1. The summed E-state index contributed by atoms with van der Waals surface area (Å²) in [6, 6.07) is 8.87. The van der Waals surface area contributed by atoms with Crippen molar-refractivity contribution in [3.8, 4) is 5.75 Å². The average molecular weight is 348 g/mol. The Morgan fingerprint density at radius 1 is 1.12 bits per heavy atom. The summed E-state index contributed by atoms with van der Waals surface area (Å²) >= 11 is 0. The Bertz CT molecular complexity index is 622. The third-order valence-electron chi connectivity index (χ3n) is 3.13. The number of rotatable bonds is 11. The summed E-state index contributed by atoms with van der Waals surface area (Å²) in [5.74, 6) is -2.79. The lowest BCUT2D eigenvalue weighted by Crippen LogP contribution is -2.28. The molecule has 0 saturated heterocycles. The lowest BCUT2D eigenvalue weighted by atomic mass is 9.98. The fourth-order valence-electron chi connectivity index (χ4n) is 1.91. The van der Waals surface area contributed by atoms with Gasteiger partial charge in [-0.15, -0.1) is 0 Å². The maximum Gasteiger partial charge on any atom is 0.331 e. The normalized spacial score (nSPS) is 13.0. The van der Waals surface area contributed by atoms with E-state index in [-0.39, 0.29) is 19.6 Å². The van der Waals surface area contributed by atoms with Gasteiger partial charge in [0.05, 0.1) is 12.0 Å². The van der Waals surface area contributed by atoms with Crippen molar-refractivity contribution in [2.75, 3.05) is 13.2 Å². The zero-order valence-corrected chi connectivity index (χ0v) is 13.5. The molecular formula is C18H20O7. The van der Waals surface area contributed by atoms with Crippen LogP contribution >= 0.6 is 0 Å². The van der Waals surface area contributed by atoms with E-state index < -0.39 is 29.7 Å². The number of aliphatic hydroxyl groups excluding tert-OH is 1. The highest BCUT2D eigenvalue weighted by Crippen LogP contribution is 2.13.